The number of carbonyl (C=O) groups is 1. The molecule has 0 bridgehead atoms. The molecule has 0 aromatic heterocycles. The quantitative estimate of drug-likeness (QED) is 0.355. The Labute approximate surface area is 157 Å². The summed E-state index contributed by atoms with van der Waals surface area (Å²) in [7, 11) is -3.09. The molecule has 25 heavy (non-hydrogen) atoms. The van der Waals surface area contributed by atoms with Gasteiger partial charge >= 0.3 is 13.8 Å². The Kier molecular flexibility index (Phi) is 10.3. The molecule has 1 atom stereocenters. The van der Waals surface area contributed by atoms with Crippen molar-refractivity contribution < 1.29 is 18.6 Å². The minimum atomic E-state index is -3.09. The van der Waals surface area contributed by atoms with Gasteiger partial charge in [0.1, 0.15) is 0 Å². The van der Waals surface area contributed by atoms with Gasteiger partial charge in [0.05, 0.1) is 12.7 Å². The van der Waals surface area contributed by atoms with Gasteiger partial charge in [0, 0.05) is 24.1 Å². The van der Waals surface area contributed by atoms with Crippen LogP contribution in [0.4, 0.5) is 10.5 Å². The minimum absolute atomic E-state index is 0.176. The first kappa shape index (κ1) is 22.1. The van der Waals surface area contributed by atoms with Crippen LogP contribution in [0.15, 0.2) is 24.3 Å². The molecule has 0 aliphatic heterocycles. The molecule has 0 radical (unpaired) electrons. The molecule has 7 nitrogen and oxygen atoms in total. The first-order valence-electron chi connectivity index (χ1n) is 8.26. The average Bonchev–Trinajstić information content (AvgIpc) is 2.57. The van der Waals surface area contributed by atoms with Crippen molar-refractivity contribution in [1.82, 2.24) is 10.2 Å². The number of anilines is 1. The fraction of sp³-hybridized carbons (Fsp3) is 0.562. The molecule has 0 fully saturated rings. The van der Waals surface area contributed by atoms with Crippen LogP contribution in [0.5, 0.6) is 0 Å². The van der Waals surface area contributed by atoms with E-state index in [-0.39, 0.29) is 12.7 Å². The molecule has 1 amide bonds. The molecule has 0 heterocycles. The van der Waals surface area contributed by atoms with E-state index >= 15 is 0 Å². The number of carbonyl (C=O) groups excluding carboxylic acids is 1. The van der Waals surface area contributed by atoms with Gasteiger partial charge in [0.15, 0.2) is 0 Å². The number of hydrogen-bond donors (Lipinski definition) is 3. The van der Waals surface area contributed by atoms with Crippen molar-refractivity contribution in [2.45, 2.75) is 39.9 Å². The van der Waals surface area contributed by atoms with Gasteiger partial charge in [-0.05, 0) is 38.0 Å². The Morgan fingerprint density at radius 3 is 2.40 bits per heavy atom. The third kappa shape index (κ3) is 9.37. The van der Waals surface area contributed by atoms with Crippen LogP contribution in [0.25, 0.3) is 0 Å². The highest BCUT2D eigenvalue weighted by Crippen LogP contribution is 2.38. The summed E-state index contributed by atoms with van der Waals surface area (Å²) in [5.41, 5.74) is 1.47. The van der Waals surface area contributed by atoms with E-state index in [9.17, 15) is 9.36 Å². The van der Waals surface area contributed by atoms with Gasteiger partial charge in [-0.25, -0.2) is 15.0 Å². The number of alkyl halides is 1. The van der Waals surface area contributed by atoms with E-state index in [0.29, 0.717) is 24.1 Å². The highest BCUT2D eigenvalue weighted by Gasteiger charge is 2.21. The van der Waals surface area contributed by atoms with Crippen LogP contribution in [0.3, 0.4) is 0 Å². The van der Waals surface area contributed by atoms with E-state index < -0.39 is 13.8 Å². The Hall–Kier alpha value is -0.920. The number of benzene rings is 1. The van der Waals surface area contributed by atoms with Crippen molar-refractivity contribution in [2.75, 3.05) is 23.7 Å². The van der Waals surface area contributed by atoms with E-state index in [1.54, 1.807) is 38.1 Å². The van der Waals surface area contributed by atoms with E-state index in [2.05, 4.69) is 31.4 Å². The molecule has 1 aromatic rings. The molecule has 142 valence electrons. The SMILES string of the molecule is CCCNP(=O)(NCCBr)OCc1ccc(NC(=O)OC(C)C)cc1. The van der Waals surface area contributed by atoms with E-state index in [0.717, 1.165) is 12.0 Å². The van der Waals surface area contributed by atoms with Gasteiger partial charge in [0.25, 0.3) is 0 Å². The smallest absolute Gasteiger partial charge is 0.411 e. The number of halogens is 1. The summed E-state index contributed by atoms with van der Waals surface area (Å²) in [6, 6.07) is 7.10. The molecule has 0 saturated heterocycles. The van der Waals surface area contributed by atoms with Crippen molar-refractivity contribution in [3.05, 3.63) is 29.8 Å². The van der Waals surface area contributed by atoms with Crippen molar-refractivity contribution in [3.8, 4) is 0 Å². The molecule has 1 aromatic carbocycles. The summed E-state index contributed by atoms with van der Waals surface area (Å²) in [6.45, 7) is 6.91. The summed E-state index contributed by atoms with van der Waals surface area (Å²) in [5.74, 6) is 0. The number of amides is 1. The van der Waals surface area contributed by atoms with Crippen LogP contribution in [-0.4, -0.2) is 30.6 Å². The molecule has 0 aliphatic carbocycles. The molecule has 0 aliphatic rings. The van der Waals surface area contributed by atoms with E-state index in [1.807, 2.05) is 6.92 Å². The lowest BCUT2D eigenvalue weighted by atomic mass is 10.2. The van der Waals surface area contributed by atoms with Gasteiger partial charge in [-0.2, -0.15) is 0 Å². The first-order chi connectivity index (χ1) is 11.9. The summed E-state index contributed by atoms with van der Waals surface area (Å²) in [6.07, 6.45) is 0.187. The molecule has 1 rings (SSSR count). The molecule has 0 spiro atoms. The third-order valence-corrected chi connectivity index (χ3v) is 5.11. The second kappa shape index (κ2) is 11.6. The summed E-state index contributed by atoms with van der Waals surface area (Å²) >= 11 is 3.30. The largest absolute Gasteiger partial charge is 0.447 e. The zero-order valence-corrected chi connectivity index (χ0v) is 17.4. The molecule has 9 heteroatoms. The molecule has 0 saturated carbocycles. The number of rotatable bonds is 11. The predicted molar refractivity (Wildman–Crippen MR) is 104 cm³/mol. The Balaban J connectivity index is 2.57. The fourth-order valence-corrected chi connectivity index (χ4v) is 3.86. The maximum absolute atomic E-state index is 12.7. The second-order valence-corrected chi connectivity index (χ2v) is 8.39. The van der Waals surface area contributed by atoms with Crippen LogP contribution in [0.1, 0.15) is 32.8 Å². The highest BCUT2D eigenvalue weighted by molar-refractivity contribution is 9.09. The van der Waals surface area contributed by atoms with Crippen molar-refractivity contribution in [1.29, 1.82) is 0 Å². The monoisotopic (exact) mass is 435 g/mol. The lowest BCUT2D eigenvalue weighted by molar-refractivity contribution is 0.130. The summed E-state index contributed by atoms with van der Waals surface area (Å²) in [4.78, 5) is 11.6. The Bertz CT molecular complexity index is 557. The lowest BCUT2D eigenvalue weighted by Crippen LogP contribution is -2.26. The second-order valence-electron chi connectivity index (χ2n) is 5.61. The number of nitrogens with one attached hydrogen (secondary N) is 3. The van der Waals surface area contributed by atoms with Crippen LogP contribution in [0.2, 0.25) is 0 Å². The fourth-order valence-electron chi connectivity index (χ4n) is 1.81. The van der Waals surface area contributed by atoms with Crippen LogP contribution in [-0.2, 0) is 20.4 Å². The first-order valence-corrected chi connectivity index (χ1v) is 11.0. The zero-order chi connectivity index (χ0) is 18.7. The van der Waals surface area contributed by atoms with Crippen molar-refractivity contribution in [3.63, 3.8) is 0 Å². The normalized spacial score (nSPS) is 13.5. The van der Waals surface area contributed by atoms with Gasteiger partial charge in [0.2, 0.25) is 0 Å². The summed E-state index contributed by atoms with van der Waals surface area (Å²) < 4.78 is 23.3. The van der Waals surface area contributed by atoms with Crippen LogP contribution < -0.4 is 15.5 Å². The summed E-state index contributed by atoms with van der Waals surface area (Å²) in [5, 5.41) is 9.17. The molecular formula is C16H27BrN3O4P. The number of ether oxygens (including phenoxy) is 1. The lowest BCUT2D eigenvalue weighted by Gasteiger charge is -2.20. The van der Waals surface area contributed by atoms with E-state index in [4.69, 9.17) is 9.26 Å². The van der Waals surface area contributed by atoms with Crippen LogP contribution in [0, 0.1) is 0 Å². The molecular weight excluding hydrogens is 409 g/mol. The highest BCUT2D eigenvalue weighted by atomic mass is 79.9. The third-order valence-electron chi connectivity index (χ3n) is 2.94. The standard InChI is InChI=1S/C16H27BrN3O4P/c1-4-10-18-25(22,19-11-9-17)23-12-14-5-7-15(8-6-14)20-16(21)24-13(2)3/h5-8,13H,4,9-12H2,1-3H3,(H,20,21)(H2,18,19,22). The zero-order valence-electron chi connectivity index (χ0n) is 14.9. The Morgan fingerprint density at radius 1 is 1.20 bits per heavy atom. The van der Waals surface area contributed by atoms with Gasteiger partial charge < -0.3 is 9.26 Å². The maximum atomic E-state index is 12.7. The predicted octanol–water partition coefficient (Wildman–Crippen LogP) is 4.25. The molecule has 3 N–H and O–H groups in total. The van der Waals surface area contributed by atoms with Gasteiger partial charge in [-0.15, -0.1) is 0 Å². The van der Waals surface area contributed by atoms with E-state index in [1.165, 1.54) is 0 Å². The maximum Gasteiger partial charge on any atom is 0.411 e. The van der Waals surface area contributed by atoms with Crippen molar-refractivity contribution in [2.24, 2.45) is 0 Å². The molecule has 1 unspecified atom stereocenters. The van der Waals surface area contributed by atoms with Crippen LogP contribution >= 0.6 is 23.6 Å². The minimum Gasteiger partial charge on any atom is -0.447 e. The van der Waals surface area contributed by atoms with Gasteiger partial charge in [-0.1, -0.05) is 35.0 Å². The number of hydrogen-bond acceptors (Lipinski definition) is 4. The van der Waals surface area contributed by atoms with Gasteiger partial charge in [-0.3, -0.25) is 9.88 Å². The topological polar surface area (TPSA) is 88.7 Å². The average molecular weight is 436 g/mol. The Morgan fingerprint density at radius 2 is 1.84 bits per heavy atom. The van der Waals surface area contributed by atoms with Crippen molar-refractivity contribution >= 4 is 35.4 Å².